The van der Waals surface area contributed by atoms with Crippen molar-refractivity contribution in [2.45, 2.75) is 13.0 Å². The molecule has 1 aromatic rings. The van der Waals surface area contributed by atoms with E-state index in [0.29, 0.717) is 0 Å². The number of rotatable bonds is 3. The van der Waals surface area contributed by atoms with Crippen molar-refractivity contribution in [2.75, 3.05) is 19.6 Å². The van der Waals surface area contributed by atoms with E-state index in [9.17, 15) is 4.79 Å². The van der Waals surface area contributed by atoms with Crippen LogP contribution in [0.2, 0.25) is 0 Å². The topological polar surface area (TPSA) is 50.2 Å². The molecule has 0 aliphatic carbocycles. The third-order valence-corrected chi connectivity index (χ3v) is 2.33. The number of carbonyl (C=O) groups is 1. The van der Waals surface area contributed by atoms with E-state index in [1.54, 1.807) is 6.20 Å². The summed E-state index contributed by atoms with van der Waals surface area (Å²) in [6, 6.07) is 1.93. The van der Waals surface area contributed by atoms with Crippen LogP contribution >= 0.6 is 0 Å². The minimum Gasteiger partial charge on any atom is -0.338 e. The van der Waals surface area contributed by atoms with Crippen LogP contribution in [0.5, 0.6) is 0 Å². The summed E-state index contributed by atoms with van der Waals surface area (Å²) >= 11 is 0. The average Bonchev–Trinajstić information content (AvgIpc) is 2.69. The Morgan fingerprint density at radius 1 is 1.50 bits per heavy atom. The first kappa shape index (κ1) is 9.05. The van der Waals surface area contributed by atoms with Crippen LogP contribution in [-0.2, 0) is 6.54 Å². The maximum atomic E-state index is 11.3. The largest absolute Gasteiger partial charge is 0.338 e. The second-order valence-corrected chi connectivity index (χ2v) is 3.34. The molecule has 1 aliphatic rings. The van der Waals surface area contributed by atoms with Crippen LogP contribution in [0.15, 0.2) is 18.5 Å². The van der Waals surface area contributed by atoms with Crippen LogP contribution in [0.4, 0.5) is 4.79 Å². The summed E-state index contributed by atoms with van der Waals surface area (Å²) in [5, 5.41) is 6.90. The predicted molar refractivity (Wildman–Crippen MR) is 51.8 cm³/mol. The lowest BCUT2D eigenvalue weighted by Gasteiger charge is -2.27. The van der Waals surface area contributed by atoms with Crippen molar-refractivity contribution in [3.05, 3.63) is 18.5 Å². The molecular formula is C9H14N4O. The molecule has 0 unspecified atom stereocenters. The Bertz CT molecular complexity index is 296. The number of aromatic nitrogens is 2. The molecule has 0 radical (unpaired) electrons. The van der Waals surface area contributed by atoms with Gasteiger partial charge in [0.2, 0.25) is 0 Å². The van der Waals surface area contributed by atoms with Gasteiger partial charge in [0.25, 0.3) is 0 Å². The third kappa shape index (κ3) is 2.04. The Labute approximate surface area is 82.7 Å². The van der Waals surface area contributed by atoms with E-state index in [1.165, 1.54) is 0 Å². The van der Waals surface area contributed by atoms with Gasteiger partial charge < -0.3 is 10.2 Å². The Balaban J connectivity index is 1.82. The summed E-state index contributed by atoms with van der Waals surface area (Å²) in [5.74, 6) is 0. The van der Waals surface area contributed by atoms with Crippen molar-refractivity contribution < 1.29 is 4.79 Å². The zero-order valence-corrected chi connectivity index (χ0v) is 8.02. The van der Waals surface area contributed by atoms with Crippen LogP contribution in [0.25, 0.3) is 0 Å². The number of nitrogens with one attached hydrogen (secondary N) is 1. The number of hydrogen-bond acceptors (Lipinski definition) is 2. The predicted octanol–water partition coefficient (Wildman–Crippen LogP) is 0.298. The lowest BCUT2D eigenvalue weighted by Crippen LogP contribution is -2.47. The molecule has 0 spiro atoms. The summed E-state index contributed by atoms with van der Waals surface area (Å²) in [5.41, 5.74) is 0. The molecule has 1 saturated heterocycles. The Kier molecular flexibility index (Phi) is 2.67. The van der Waals surface area contributed by atoms with Crippen molar-refractivity contribution in [1.29, 1.82) is 0 Å². The van der Waals surface area contributed by atoms with Crippen molar-refractivity contribution in [2.24, 2.45) is 0 Å². The minimum absolute atomic E-state index is 0.0448. The fourth-order valence-electron chi connectivity index (χ4n) is 1.55. The monoisotopic (exact) mass is 194 g/mol. The van der Waals surface area contributed by atoms with Crippen LogP contribution in [0.1, 0.15) is 6.42 Å². The quantitative estimate of drug-likeness (QED) is 0.752. The Morgan fingerprint density at radius 2 is 2.43 bits per heavy atom. The molecule has 1 aromatic heterocycles. The van der Waals surface area contributed by atoms with Gasteiger partial charge in [0.05, 0.1) is 6.54 Å². The number of nitrogens with zero attached hydrogens (tertiary/aromatic N) is 3. The first-order valence-electron chi connectivity index (χ1n) is 4.86. The van der Waals surface area contributed by atoms with Gasteiger partial charge >= 0.3 is 6.03 Å². The summed E-state index contributed by atoms with van der Waals surface area (Å²) in [6.07, 6.45) is 4.68. The highest BCUT2D eigenvalue weighted by atomic mass is 16.2. The van der Waals surface area contributed by atoms with Crippen LogP contribution < -0.4 is 5.32 Å². The van der Waals surface area contributed by atoms with Crippen LogP contribution in [0, 0.1) is 0 Å². The van der Waals surface area contributed by atoms with E-state index in [1.807, 2.05) is 21.8 Å². The number of urea groups is 1. The number of hydrogen-bond donors (Lipinski definition) is 1. The summed E-state index contributed by atoms with van der Waals surface area (Å²) < 4.78 is 1.84. The molecular weight excluding hydrogens is 180 g/mol. The molecule has 5 heteroatoms. The minimum atomic E-state index is 0.0448. The molecule has 0 saturated carbocycles. The van der Waals surface area contributed by atoms with Gasteiger partial charge in [-0.1, -0.05) is 0 Å². The smallest absolute Gasteiger partial charge is 0.317 e. The second-order valence-electron chi connectivity index (χ2n) is 3.34. The van der Waals surface area contributed by atoms with Crippen LogP contribution in [0.3, 0.4) is 0 Å². The molecule has 1 fully saturated rings. The Morgan fingerprint density at radius 3 is 3.14 bits per heavy atom. The van der Waals surface area contributed by atoms with Gasteiger partial charge in [-0.3, -0.25) is 4.68 Å². The molecule has 5 nitrogen and oxygen atoms in total. The first-order valence-corrected chi connectivity index (χ1v) is 4.86. The fourth-order valence-corrected chi connectivity index (χ4v) is 1.55. The van der Waals surface area contributed by atoms with Gasteiger partial charge in [0, 0.05) is 32.0 Å². The van der Waals surface area contributed by atoms with E-state index in [4.69, 9.17) is 0 Å². The van der Waals surface area contributed by atoms with E-state index in [2.05, 4.69) is 10.4 Å². The molecule has 0 aromatic carbocycles. The van der Waals surface area contributed by atoms with E-state index in [0.717, 1.165) is 32.6 Å². The molecule has 2 amide bonds. The SMILES string of the molecule is O=C1NCCCN1CCn1cccn1. The summed E-state index contributed by atoms with van der Waals surface area (Å²) in [7, 11) is 0. The summed E-state index contributed by atoms with van der Waals surface area (Å²) in [6.45, 7) is 3.15. The molecule has 2 rings (SSSR count). The average molecular weight is 194 g/mol. The molecule has 0 atom stereocenters. The van der Waals surface area contributed by atoms with Crippen molar-refractivity contribution >= 4 is 6.03 Å². The third-order valence-electron chi connectivity index (χ3n) is 2.33. The van der Waals surface area contributed by atoms with Gasteiger partial charge in [-0.05, 0) is 12.5 Å². The zero-order chi connectivity index (χ0) is 9.80. The standard InChI is InChI=1S/C9H14N4O/c14-9-10-3-1-5-12(9)7-8-13-6-2-4-11-13/h2,4,6H,1,3,5,7-8H2,(H,10,14). The number of amides is 2. The van der Waals surface area contributed by atoms with Crippen molar-refractivity contribution in [3.8, 4) is 0 Å². The maximum absolute atomic E-state index is 11.3. The van der Waals surface area contributed by atoms with Crippen molar-refractivity contribution in [1.82, 2.24) is 20.0 Å². The highest BCUT2D eigenvalue weighted by Gasteiger charge is 2.16. The molecule has 1 aliphatic heterocycles. The van der Waals surface area contributed by atoms with Crippen molar-refractivity contribution in [3.63, 3.8) is 0 Å². The lowest BCUT2D eigenvalue weighted by atomic mass is 10.3. The van der Waals surface area contributed by atoms with E-state index < -0.39 is 0 Å². The second kappa shape index (κ2) is 4.13. The molecule has 0 bridgehead atoms. The van der Waals surface area contributed by atoms with Crippen LogP contribution in [-0.4, -0.2) is 40.3 Å². The normalized spacial score (nSPS) is 16.9. The summed E-state index contributed by atoms with van der Waals surface area (Å²) in [4.78, 5) is 13.2. The maximum Gasteiger partial charge on any atom is 0.317 e. The molecule has 76 valence electrons. The van der Waals surface area contributed by atoms with Gasteiger partial charge in [0.1, 0.15) is 0 Å². The molecule has 14 heavy (non-hydrogen) atoms. The van der Waals surface area contributed by atoms with Gasteiger partial charge in [-0.25, -0.2) is 4.79 Å². The fraction of sp³-hybridized carbons (Fsp3) is 0.556. The Hall–Kier alpha value is -1.52. The molecule has 1 N–H and O–H groups in total. The first-order chi connectivity index (χ1) is 6.86. The van der Waals surface area contributed by atoms with Gasteiger partial charge in [-0.2, -0.15) is 5.10 Å². The van der Waals surface area contributed by atoms with Gasteiger partial charge in [-0.15, -0.1) is 0 Å². The highest BCUT2D eigenvalue weighted by molar-refractivity contribution is 5.74. The van der Waals surface area contributed by atoms with E-state index in [-0.39, 0.29) is 6.03 Å². The lowest BCUT2D eigenvalue weighted by molar-refractivity contribution is 0.183. The highest BCUT2D eigenvalue weighted by Crippen LogP contribution is 1.99. The number of carbonyl (C=O) groups excluding carboxylic acids is 1. The van der Waals surface area contributed by atoms with E-state index >= 15 is 0 Å². The zero-order valence-electron chi connectivity index (χ0n) is 8.02. The molecule has 2 heterocycles. The van der Waals surface area contributed by atoms with Gasteiger partial charge in [0.15, 0.2) is 0 Å².